The average molecular weight is 444 g/mol. The van der Waals surface area contributed by atoms with Crippen molar-refractivity contribution in [2.24, 2.45) is 0 Å². The normalized spacial score (nSPS) is 18.3. The minimum absolute atomic E-state index is 0.0943. The quantitative estimate of drug-likeness (QED) is 0.735. The van der Waals surface area contributed by atoms with E-state index in [-0.39, 0.29) is 24.4 Å². The number of amides is 2. The van der Waals surface area contributed by atoms with Crippen LogP contribution in [0.15, 0.2) is 30.5 Å². The van der Waals surface area contributed by atoms with Crippen molar-refractivity contribution in [2.45, 2.75) is 44.6 Å². The third-order valence-corrected chi connectivity index (χ3v) is 5.95. The number of alkyl halides is 2. The van der Waals surface area contributed by atoms with E-state index in [0.29, 0.717) is 22.8 Å². The van der Waals surface area contributed by atoms with Gasteiger partial charge in [0.1, 0.15) is 5.69 Å². The first-order valence-electron chi connectivity index (χ1n) is 10.8. The minimum Gasteiger partial charge on any atom is -0.355 e. The van der Waals surface area contributed by atoms with Gasteiger partial charge < -0.3 is 20.4 Å². The van der Waals surface area contributed by atoms with Gasteiger partial charge in [0.2, 0.25) is 5.95 Å². The number of halogens is 2. The van der Waals surface area contributed by atoms with Crippen molar-refractivity contribution >= 4 is 35.0 Å². The summed E-state index contributed by atoms with van der Waals surface area (Å²) in [6, 6.07) is 6.65. The number of benzene rings is 1. The Balaban J connectivity index is 1.70. The van der Waals surface area contributed by atoms with E-state index in [2.05, 4.69) is 20.6 Å². The molecule has 2 N–H and O–H groups in total. The van der Waals surface area contributed by atoms with Gasteiger partial charge in [0.05, 0.1) is 12.7 Å². The maximum atomic E-state index is 14.8. The van der Waals surface area contributed by atoms with Gasteiger partial charge in [-0.2, -0.15) is 13.8 Å². The molecule has 0 bridgehead atoms. The van der Waals surface area contributed by atoms with Crippen LogP contribution in [0.5, 0.6) is 0 Å². The number of aromatic nitrogens is 2. The van der Waals surface area contributed by atoms with Gasteiger partial charge in [-0.05, 0) is 44.0 Å². The molecule has 10 heteroatoms. The van der Waals surface area contributed by atoms with E-state index in [1.54, 1.807) is 43.1 Å². The zero-order valence-corrected chi connectivity index (χ0v) is 18.1. The molecule has 2 aromatic rings. The molecule has 0 unspecified atom stereocenters. The second-order valence-corrected chi connectivity index (χ2v) is 8.00. The molecule has 0 radical (unpaired) electrons. The van der Waals surface area contributed by atoms with Crippen molar-refractivity contribution < 1.29 is 18.4 Å². The second kappa shape index (κ2) is 8.68. The Bertz CT molecular complexity index is 1010. The molecule has 4 rings (SSSR count). The Morgan fingerprint density at radius 3 is 2.53 bits per heavy atom. The monoisotopic (exact) mass is 444 g/mol. The van der Waals surface area contributed by atoms with E-state index in [4.69, 9.17) is 0 Å². The summed E-state index contributed by atoms with van der Waals surface area (Å²) in [5.41, 5.74) is 1.45. The summed E-state index contributed by atoms with van der Waals surface area (Å²) in [5, 5.41) is 5.62. The lowest BCUT2D eigenvalue weighted by atomic mass is 10.2. The van der Waals surface area contributed by atoms with E-state index >= 15 is 0 Å². The number of carbonyl (C=O) groups is 2. The maximum absolute atomic E-state index is 14.8. The molecule has 170 valence electrons. The highest BCUT2D eigenvalue weighted by molar-refractivity contribution is 6.02. The van der Waals surface area contributed by atoms with Gasteiger partial charge in [0.25, 0.3) is 11.8 Å². The number of nitrogens with one attached hydrogen (secondary N) is 2. The topological polar surface area (TPSA) is 90.5 Å². The molecule has 2 aliphatic rings. The smallest absolute Gasteiger partial charge is 0.342 e. The van der Waals surface area contributed by atoms with Crippen LogP contribution in [0.25, 0.3) is 0 Å². The van der Waals surface area contributed by atoms with Crippen molar-refractivity contribution in [2.75, 3.05) is 35.3 Å². The van der Waals surface area contributed by atoms with Gasteiger partial charge in [-0.25, -0.2) is 4.98 Å². The molecule has 0 spiro atoms. The predicted octanol–water partition coefficient (Wildman–Crippen LogP) is 3.33. The fourth-order valence-electron chi connectivity index (χ4n) is 4.30. The summed E-state index contributed by atoms with van der Waals surface area (Å²) in [4.78, 5) is 35.8. The van der Waals surface area contributed by atoms with Crippen LogP contribution in [0, 0.1) is 0 Å². The minimum atomic E-state index is -3.51. The molecule has 8 nitrogen and oxygen atoms in total. The van der Waals surface area contributed by atoms with E-state index in [1.165, 1.54) is 6.20 Å². The van der Waals surface area contributed by atoms with Crippen LogP contribution in [0.3, 0.4) is 0 Å². The zero-order valence-electron chi connectivity index (χ0n) is 18.1. The Labute approximate surface area is 185 Å². The van der Waals surface area contributed by atoms with Crippen molar-refractivity contribution in [1.82, 2.24) is 15.3 Å². The molecule has 0 atom stereocenters. The molecule has 1 aliphatic heterocycles. The Morgan fingerprint density at radius 1 is 1.22 bits per heavy atom. The lowest BCUT2D eigenvalue weighted by Crippen LogP contribution is -2.49. The van der Waals surface area contributed by atoms with Crippen molar-refractivity contribution in [3.05, 3.63) is 36.0 Å². The number of anilines is 4. The highest BCUT2D eigenvalue weighted by Crippen LogP contribution is 2.40. The van der Waals surface area contributed by atoms with Crippen molar-refractivity contribution in [3.8, 4) is 0 Å². The van der Waals surface area contributed by atoms with E-state index in [9.17, 15) is 18.4 Å². The molecule has 2 heterocycles. The van der Waals surface area contributed by atoms with Gasteiger partial charge in [-0.3, -0.25) is 9.59 Å². The third-order valence-electron chi connectivity index (χ3n) is 5.95. The number of carbonyl (C=O) groups excluding carboxylic acids is 2. The number of hydrogen-bond donors (Lipinski definition) is 2. The molecule has 2 amide bonds. The van der Waals surface area contributed by atoms with Crippen LogP contribution < -0.4 is 20.4 Å². The average Bonchev–Trinajstić information content (AvgIpc) is 3.31. The second-order valence-electron chi connectivity index (χ2n) is 8.00. The summed E-state index contributed by atoms with van der Waals surface area (Å²) in [6.07, 6.45) is 4.91. The van der Waals surface area contributed by atoms with Gasteiger partial charge in [-0.15, -0.1) is 0 Å². The lowest BCUT2D eigenvalue weighted by molar-refractivity contribution is -0.140. The third kappa shape index (κ3) is 4.09. The standard InChI is InChI=1S/C22H26F2N6O2/c1-3-29-17-12-26-21(27-15-10-8-14(9-11-15)19(31)25-2)28-18(17)30(16-6-4-5-7-16)13-22(23,24)20(29)32/h8-12,16H,3-7,13H2,1-2H3,(H,25,31)(H,26,27,28). The predicted molar refractivity (Wildman–Crippen MR) is 118 cm³/mol. The van der Waals surface area contributed by atoms with Crippen LogP contribution in [-0.2, 0) is 4.79 Å². The summed E-state index contributed by atoms with van der Waals surface area (Å²) < 4.78 is 29.6. The Hall–Kier alpha value is -3.30. The summed E-state index contributed by atoms with van der Waals surface area (Å²) in [7, 11) is 1.56. The van der Waals surface area contributed by atoms with Crippen molar-refractivity contribution in [3.63, 3.8) is 0 Å². The first kappa shape index (κ1) is 21.9. The molecular weight excluding hydrogens is 418 g/mol. The van der Waals surface area contributed by atoms with Gasteiger partial charge >= 0.3 is 5.92 Å². The molecule has 0 saturated heterocycles. The van der Waals surface area contributed by atoms with Crippen LogP contribution in [-0.4, -0.2) is 53.9 Å². The number of hydrogen-bond acceptors (Lipinski definition) is 6. The van der Waals surface area contributed by atoms with Crippen LogP contribution in [0.4, 0.5) is 31.9 Å². The van der Waals surface area contributed by atoms with E-state index in [1.807, 2.05) is 0 Å². The lowest BCUT2D eigenvalue weighted by Gasteiger charge is -2.31. The number of rotatable bonds is 5. The summed E-state index contributed by atoms with van der Waals surface area (Å²) >= 11 is 0. The summed E-state index contributed by atoms with van der Waals surface area (Å²) in [5.74, 6) is -4.37. The fourth-order valence-corrected chi connectivity index (χ4v) is 4.30. The zero-order chi connectivity index (χ0) is 22.9. The van der Waals surface area contributed by atoms with Gasteiger partial charge in [-0.1, -0.05) is 12.8 Å². The number of fused-ring (bicyclic) bond motifs is 1. The molecular formula is C22H26F2N6O2. The largest absolute Gasteiger partial charge is 0.355 e. The van der Waals surface area contributed by atoms with E-state index in [0.717, 1.165) is 30.6 Å². The Kier molecular flexibility index (Phi) is 5.94. The first-order chi connectivity index (χ1) is 15.3. The molecule has 1 saturated carbocycles. The number of nitrogens with zero attached hydrogens (tertiary/aromatic N) is 4. The molecule has 1 aromatic heterocycles. The molecule has 1 aliphatic carbocycles. The Morgan fingerprint density at radius 2 is 1.91 bits per heavy atom. The highest BCUT2D eigenvalue weighted by Gasteiger charge is 2.49. The SMILES string of the molecule is CCN1C(=O)C(F)(F)CN(C2CCCC2)c2nc(Nc3ccc(C(=O)NC)cc3)ncc21. The van der Waals surface area contributed by atoms with Crippen LogP contribution >= 0.6 is 0 Å². The van der Waals surface area contributed by atoms with E-state index < -0.39 is 18.4 Å². The van der Waals surface area contributed by atoms with Gasteiger partial charge in [0, 0.05) is 30.9 Å². The van der Waals surface area contributed by atoms with Crippen LogP contribution in [0.2, 0.25) is 0 Å². The summed E-state index contributed by atoms with van der Waals surface area (Å²) in [6.45, 7) is 1.05. The van der Waals surface area contributed by atoms with Gasteiger partial charge in [0.15, 0.2) is 5.82 Å². The molecule has 1 aromatic carbocycles. The molecule has 1 fully saturated rings. The maximum Gasteiger partial charge on any atom is 0.342 e. The van der Waals surface area contributed by atoms with Crippen LogP contribution in [0.1, 0.15) is 43.0 Å². The molecule has 32 heavy (non-hydrogen) atoms. The fraction of sp³-hybridized carbons (Fsp3) is 0.455. The first-order valence-corrected chi connectivity index (χ1v) is 10.8. The van der Waals surface area contributed by atoms with Crippen molar-refractivity contribution in [1.29, 1.82) is 0 Å². The highest BCUT2D eigenvalue weighted by atomic mass is 19.3.